The minimum absolute atomic E-state index is 0.0510. The standard InChI is InChI=1S/C27H38N4O2/c1-4-17-30-25(32)24-18-23(21-15-13-20(5-2)14-16-21)29-31(24)19-27(30,3)26(33)28-22-11-9-7-6-8-10-12-22/h13-16,18,22H,4-12,17,19H2,1-3H3,(H,28,33)/t27-/m1/s1. The van der Waals surface area contributed by atoms with E-state index in [4.69, 9.17) is 5.10 Å². The van der Waals surface area contributed by atoms with Gasteiger partial charge in [-0.1, -0.05) is 70.2 Å². The first-order chi connectivity index (χ1) is 16.0. The van der Waals surface area contributed by atoms with Gasteiger partial charge in [-0.25, -0.2) is 0 Å². The van der Waals surface area contributed by atoms with Crippen molar-refractivity contribution in [3.05, 3.63) is 41.6 Å². The SMILES string of the molecule is CCCN1C(=O)c2cc(-c3ccc(CC)cc3)nn2C[C@]1(C)C(=O)NC1CCCCCCC1. The highest BCUT2D eigenvalue weighted by atomic mass is 16.2. The molecule has 1 aliphatic carbocycles. The van der Waals surface area contributed by atoms with Gasteiger partial charge in [-0.3, -0.25) is 14.3 Å². The molecule has 1 N–H and O–H groups in total. The average Bonchev–Trinajstić information content (AvgIpc) is 3.22. The number of nitrogens with zero attached hydrogens (tertiary/aromatic N) is 3. The van der Waals surface area contributed by atoms with Gasteiger partial charge >= 0.3 is 0 Å². The van der Waals surface area contributed by atoms with Crippen LogP contribution in [0.2, 0.25) is 0 Å². The molecular weight excluding hydrogens is 412 g/mol. The Morgan fingerprint density at radius 3 is 2.39 bits per heavy atom. The smallest absolute Gasteiger partial charge is 0.273 e. The zero-order chi connectivity index (χ0) is 23.4. The number of nitrogens with one attached hydrogen (secondary N) is 1. The first-order valence-electron chi connectivity index (χ1n) is 12.8. The molecule has 1 atom stereocenters. The van der Waals surface area contributed by atoms with Crippen molar-refractivity contribution < 1.29 is 9.59 Å². The first kappa shape index (κ1) is 23.5. The van der Waals surface area contributed by atoms with Crippen molar-refractivity contribution in [1.82, 2.24) is 20.0 Å². The van der Waals surface area contributed by atoms with Gasteiger partial charge in [0.25, 0.3) is 5.91 Å². The number of carbonyl (C=O) groups is 2. The van der Waals surface area contributed by atoms with Crippen molar-refractivity contribution in [3.63, 3.8) is 0 Å². The van der Waals surface area contributed by atoms with Gasteiger partial charge < -0.3 is 10.2 Å². The molecular formula is C27H38N4O2. The lowest BCUT2D eigenvalue weighted by Gasteiger charge is -2.43. The average molecular weight is 451 g/mol. The Hall–Kier alpha value is -2.63. The summed E-state index contributed by atoms with van der Waals surface area (Å²) in [5.74, 6) is -0.160. The highest BCUT2D eigenvalue weighted by Crippen LogP contribution is 2.31. The number of aromatic nitrogens is 2. The van der Waals surface area contributed by atoms with Gasteiger partial charge in [0, 0.05) is 18.2 Å². The second-order valence-electron chi connectivity index (χ2n) is 9.87. The Kier molecular flexibility index (Phi) is 7.20. The van der Waals surface area contributed by atoms with E-state index in [-0.39, 0.29) is 17.9 Å². The molecule has 1 fully saturated rings. The Labute approximate surface area is 197 Å². The quantitative estimate of drug-likeness (QED) is 0.676. The van der Waals surface area contributed by atoms with Crippen LogP contribution in [0.25, 0.3) is 11.3 Å². The summed E-state index contributed by atoms with van der Waals surface area (Å²) in [5.41, 5.74) is 2.66. The Bertz CT molecular complexity index is 973. The van der Waals surface area contributed by atoms with Crippen LogP contribution in [0, 0.1) is 0 Å². The fourth-order valence-electron chi connectivity index (χ4n) is 5.21. The lowest BCUT2D eigenvalue weighted by Crippen LogP contribution is -2.65. The molecule has 0 spiro atoms. The minimum Gasteiger partial charge on any atom is -0.351 e. The van der Waals surface area contributed by atoms with Crippen LogP contribution in [0.5, 0.6) is 0 Å². The van der Waals surface area contributed by atoms with E-state index in [2.05, 4.69) is 36.5 Å². The summed E-state index contributed by atoms with van der Waals surface area (Å²) in [5, 5.41) is 8.08. The molecule has 1 aliphatic heterocycles. The van der Waals surface area contributed by atoms with E-state index in [1.807, 2.05) is 19.9 Å². The molecule has 0 radical (unpaired) electrons. The van der Waals surface area contributed by atoms with E-state index >= 15 is 0 Å². The summed E-state index contributed by atoms with van der Waals surface area (Å²) in [4.78, 5) is 28.9. The summed E-state index contributed by atoms with van der Waals surface area (Å²) in [6, 6.07) is 10.4. The van der Waals surface area contributed by atoms with Crippen molar-refractivity contribution in [1.29, 1.82) is 0 Å². The van der Waals surface area contributed by atoms with Crippen LogP contribution >= 0.6 is 0 Å². The van der Waals surface area contributed by atoms with Crippen LogP contribution in [0.4, 0.5) is 0 Å². The molecule has 178 valence electrons. The normalized spacial score (nSPS) is 21.9. The predicted molar refractivity (Wildman–Crippen MR) is 131 cm³/mol. The zero-order valence-corrected chi connectivity index (χ0v) is 20.4. The van der Waals surface area contributed by atoms with Gasteiger partial charge in [0.15, 0.2) is 0 Å². The van der Waals surface area contributed by atoms with Gasteiger partial charge in [0.2, 0.25) is 5.91 Å². The van der Waals surface area contributed by atoms with Crippen LogP contribution in [0.3, 0.4) is 0 Å². The van der Waals surface area contributed by atoms with Crippen molar-refractivity contribution >= 4 is 11.8 Å². The predicted octanol–water partition coefficient (Wildman–Crippen LogP) is 4.97. The Balaban J connectivity index is 1.60. The summed E-state index contributed by atoms with van der Waals surface area (Å²) < 4.78 is 1.75. The third-order valence-corrected chi connectivity index (χ3v) is 7.33. The molecule has 1 aromatic heterocycles. The minimum atomic E-state index is -0.947. The van der Waals surface area contributed by atoms with Gasteiger partial charge in [-0.2, -0.15) is 5.10 Å². The van der Waals surface area contributed by atoms with E-state index in [0.29, 0.717) is 18.8 Å². The molecule has 2 heterocycles. The number of benzene rings is 1. The topological polar surface area (TPSA) is 67.2 Å². The van der Waals surface area contributed by atoms with Crippen LogP contribution in [-0.2, 0) is 17.8 Å². The summed E-state index contributed by atoms with van der Waals surface area (Å²) in [6.45, 7) is 7.01. The van der Waals surface area contributed by atoms with Gasteiger partial charge in [-0.05, 0) is 44.2 Å². The molecule has 1 saturated carbocycles. The van der Waals surface area contributed by atoms with E-state index in [0.717, 1.165) is 49.8 Å². The number of aryl methyl sites for hydroxylation is 1. The van der Waals surface area contributed by atoms with E-state index in [9.17, 15) is 9.59 Å². The Morgan fingerprint density at radius 1 is 1.09 bits per heavy atom. The largest absolute Gasteiger partial charge is 0.351 e. The summed E-state index contributed by atoms with van der Waals surface area (Å²) >= 11 is 0. The maximum Gasteiger partial charge on any atom is 0.273 e. The molecule has 4 rings (SSSR count). The molecule has 2 aliphatic rings. The molecule has 0 saturated heterocycles. The molecule has 0 unspecified atom stereocenters. The highest BCUT2D eigenvalue weighted by molar-refractivity contribution is 6.00. The number of fused-ring (bicyclic) bond motifs is 1. The Morgan fingerprint density at radius 2 is 1.76 bits per heavy atom. The van der Waals surface area contributed by atoms with Crippen LogP contribution in [-0.4, -0.2) is 44.6 Å². The summed E-state index contributed by atoms with van der Waals surface area (Å²) in [6.07, 6.45) is 9.92. The molecule has 6 nitrogen and oxygen atoms in total. The maximum atomic E-state index is 13.6. The van der Waals surface area contributed by atoms with Gasteiger partial charge in [0.05, 0.1) is 12.2 Å². The molecule has 33 heavy (non-hydrogen) atoms. The summed E-state index contributed by atoms with van der Waals surface area (Å²) in [7, 11) is 0. The number of hydrogen-bond donors (Lipinski definition) is 1. The third-order valence-electron chi connectivity index (χ3n) is 7.33. The van der Waals surface area contributed by atoms with Crippen LogP contribution < -0.4 is 5.32 Å². The number of rotatable bonds is 6. The first-order valence-corrected chi connectivity index (χ1v) is 12.8. The highest BCUT2D eigenvalue weighted by Gasteiger charge is 2.48. The fraction of sp³-hybridized carbons (Fsp3) is 0.593. The zero-order valence-electron chi connectivity index (χ0n) is 20.4. The number of carbonyl (C=O) groups excluding carboxylic acids is 2. The van der Waals surface area contributed by atoms with Crippen LogP contribution in [0.1, 0.15) is 88.2 Å². The lowest BCUT2D eigenvalue weighted by atomic mass is 9.92. The van der Waals surface area contributed by atoms with Gasteiger partial charge in [-0.15, -0.1) is 0 Å². The van der Waals surface area contributed by atoms with E-state index < -0.39 is 5.54 Å². The second kappa shape index (κ2) is 10.1. The third kappa shape index (κ3) is 4.85. The van der Waals surface area contributed by atoms with Crippen LogP contribution in [0.15, 0.2) is 30.3 Å². The van der Waals surface area contributed by atoms with E-state index in [1.54, 1.807) is 9.58 Å². The molecule has 0 bridgehead atoms. The van der Waals surface area contributed by atoms with Crippen molar-refractivity contribution in [2.24, 2.45) is 0 Å². The van der Waals surface area contributed by atoms with Crippen molar-refractivity contribution in [2.75, 3.05) is 6.54 Å². The van der Waals surface area contributed by atoms with Crippen molar-refractivity contribution in [3.8, 4) is 11.3 Å². The maximum absolute atomic E-state index is 13.6. The van der Waals surface area contributed by atoms with E-state index in [1.165, 1.54) is 24.8 Å². The molecule has 6 heteroatoms. The number of amides is 2. The molecule has 2 amide bonds. The molecule has 2 aromatic rings. The monoisotopic (exact) mass is 450 g/mol. The van der Waals surface area contributed by atoms with Gasteiger partial charge in [0.1, 0.15) is 11.2 Å². The molecule has 1 aromatic carbocycles. The van der Waals surface area contributed by atoms with Crippen molar-refractivity contribution in [2.45, 2.75) is 96.7 Å². The lowest BCUT2D eigenvalue weighted by molar-refractivity contribution is -0.134. The fourth-order valence-corrected chi connectivity index (χ4v) is 5.21. The second-order valence-corrected chi connectivity index (χ2v) is 9.87. The number of hydrogen-bond acceptors (Lipinski definition) is 3.